The molecule has 0 spiro atoms. The Morgan fingerprint density at radius 1 is 1.15 bits per heavy atom. The van der Waals surface area contributed by atoms with Crippen LogP contribution in [0.3, 0.4) is 0 Å². The highest BCUT2D eigenvalue weighted by Gasteiger charge is 2.24. The van der Waals surface area contributed by atoms with Gasteiger partial charge in [0.15, 0.2) is 5.69 Å². The van der Waals surface area contributed by atoms with Gasteiger partial charge in [-0.25, -0.2) is 8.42 Å². The number of thiocarbonyl (C=S) groups is 1. The van der Waals surface area contributed by atoms with E-state index in [0.717, 1.165) is 36.6 Å². The Morgan fingerprint density at radius 3 is 2.76 bits per heavy atom. The van der Waals surface area contributed by atoms with Crippen LogP contribution in [0, 0.1) is 12.3 Å². The maximum Gasteiger partial charge on any atom is 0.261 e. The maximum atomic E-state index is 13.1. The van der Waals surface area contributed by atoms with Crippen LogP contribution in [-0.4, -0.2) is 20.2 Å². The fraction of sp³-hybridized carbons (Fsp3) is 0.280. The molecule has 3 aromatic rings. The highest BCUT2D eigenvalue weighted by Crippen LogP contribution is 2.26. The summed E-state index contributed by atoms with van der Waals surface area (Å²) in [7, 11) is -3.80. The second-order valence-electron chi connectivity index (χ2n) is 7.87. The molecule has 0 fully saturated rings. The average Bonchev–Trinajstić information content (AvgIpc) is 2.79. The van der Waals surface area contributed by atoms with E-state index in [9.17, 15) is 8.42 Å². The summed E-state index contributed by atoms with van der Waals surface area (Å²) in [6.45, 7) is 2.75. The molecule has 8 heteroatoms. The van der Waals surface area contributed by atoms with Gasteiger partial charge >= 0.3 is 0 Å². The average molecular weight is 481 g/mol. The minimum absolute atomic E-state index is 0.125. The summed E-state index contributed by atoms with van der Waals surface area (Å²) in [6.07, 6.45) is 9.97. The third-order valence-corrected chi connectivity index (χ3v) is 7.22. The lowest BCUT2D eigenvalue weighted by Crippen LogP contribution is -2.41. The molecule has 0 radical (unpaired) electrons. The van der Waals surface area contributed by atoms with Gasteiger partial charge in [0.1, 0.15) is 0 Å². The number of nitrogens with zero attached hydrogens (tertiary/aromatic N) is 1. The van der Waals surface area contributed by atoms with Gasteiger partial charge in [0.05, 0.1) is 11.5 Å². The summed E-state index contributed by atoms with van der Waals surface area (Å²) in [5.74, 6) is 2.75. The molecule has 0 saturated carbocycles. The SMILES string of the molecule is C#CC[n+]1c2c(cc3cc(NS(=O)(=O)c4cccc(NC(=S)OCC)c4)ccc31)CCCC2. The number of fused-ring (bicyclic) bond motifs is 2. The third kappa shape index (κ3) is 5.10. The van der Waals surface area contributed by atoms with E-state index in [1.807, 2.05) is 19.1 Å². The predicted octanol–water partition coefficient (Wildman–Crippen LogP) is 4.17. The first kappa shape index (κ1) is 23.0. The fourth-order valence-corrected chi connectivity index (χ4v) is 5.53. The molecule has 0 amide bonds. The zero-order chi connectivity index (χ0) is 23.4. The molecule has 1 heterocycles. The molecule has 1 aromatic heterocycles. The van der Waals surface area contributed by atoms with E-state index in [2.05, 4.69) is 26.6 Å². The molecule has 33 heavy (non-hydrogen) atoms. The standard InChI is InChI=1S/C25H25N3O3S2/c1-3-14-28-23-11-6-5-8-18(23)15-19-16-21(12-13-24(19)28)27-33(29,30)22-10-7-9-20(17-22)26-25(32)31-4-2/h1,7,9-10,12-13,15-17,27H,4-6,8,11,14H2,2H3/p+1. The number of pyridine rings is 1. The summed E-state index contributed by atoms with van der Waals surface area (Å²) >= 11 is 5.08. The predicted molar refractivity (Wildman–Crippen MR) is 135 cm³/mol. The van der Waals surface area contributed by atoms with Crippen molar-refractivity contribution in [3.63, 3.8) is 0 Å². The molecule has 2 N–H and O–H groups in total. The van der Waals surface area contributed by atoms with Crippen molar-refractivity contribution in [3.05, 3.63) is 59.8 Å². The summed E-state index contributed by atoms with van der Waals surface area (Å²) in [5.41, 5.74) is 4.61. The molecule has 6 nitrogen and oxygen atoms in total. The van der Waals surface area contributed by atoms with E-state index in [-0.39, 0.29) is 10.1 Å². The van der Waals surface area contributed by atoms with E-state index in [1.54, 1.807) is 18.2 Å². The second kappa shape index (κ2) is 9.77. The molecule has 1 aliphatic carbocycles. The van der Waals surface area contributed by atoms with E-state index < -0.39 is 10.0 Å². The van der Waals surface area contributed by atoms with Crippen molar-refractivity contribution in [3.8, 4) is 12.3 Å². The summed E-state index contributed by atoms with van der Waals surface area (Å²) in [6, 6.07) is 14.2. The van der Waals surface area contributed by atoms with E-state index >= 15 is 0 Å². The van der Waals surface area contributed by atoms with Crippen LogP contribution in [0.1, 0.15) is 31.0 Å². The van der Waals surface area contributed by atoms with Crippen LogP contribution < -0.4 is 14.6 Å². The van der Waals surface area contributed by atoms with Gasteiger partial charge in [0.25, 0.3) is 15.2 Å². The van der Waals surface area contributed by atoms with Crippen LogP contribution in [-0.2, 0) is 34.1 Å². The van der Waals surface area contributed by atoms with Gasteiger partial charge in [-0.1, -0.05) is 6.07 Å². The van der Waals surface area contributed by atoms with Crippen LogP contribution in [0.5, 0.6) is 0 Å². The number of aromatic nitrogens is 1. The Morgan fingerprint density at radius 2 is 1.97 bits per heavy atom. The number of nitrogens with one attached hydrogen (secondary N) is 2. The Hall–Kier alpha value is -3.15. The number of ether oxygens (including phenoxy) is 1. The molecular formula is C25H26N3O3S2+. The molecular weight excluding hydrogens is 454 g/mol. The first-order chi connectivity index (χ1) is 15.9. The van der Waals surface area contributed by atoms with E-state index in [1.165, 1.54) is 23.4 Å². The zero-order valence-electron chi connectivity index (χ0n) is 18.4. The minimum Gasteiger partial charge on any atom is -0.471 e. The topological polar surface area (TPSA) is 71.3 Å². The number of anilines is 2. The van der Waals surface area contributed by atoms with Gasteiger partial charge in [-0.15, -0.1) is 6.42 Å². The van der Waals surface area contributed by atoms with Crippen LogP contribution in [0.2, 0.25) is 0 Å². The molecule has 1 aliphatic rings. The van der Waals surface area contributed by atoms with Gasteiger partial charge in [-0.3, -0.25) is 4.72 Å². The molecule has 0 unspecified atom stereocenters. The highest BCUT2D eigenvalue weighted by atomic mass is 32.2. The van der Waals surface area contributed by atoms with Gasteiger partial charge in [-0.2, -0.15) is 4.57 Å². The second-order valence-corrected chi connectivity index (χ2v) is 9.92. The molecule has 170 valence electrons. The third-order valence-electron chi connectivity index (χ3n) is 5.62. The smallest absolute Gasteiger partial charge is 0.261 e. The number of hydrogen-bond donors (Lipinski definition) is 2. The van der Waals surface area contributed by atoms with Crippen LogP contribution in [0.4, 0.5) is 11.4 Å². The number of rotatable bonds is 6. The molecule has 4 rings (SSSR count). The lowest BCUT2D eigenvalue weighted by Gasteiger charge is -2.16. The van der Waals surface area contributed by atoms with Crippen molar-refractivity contribution in [2.75, 3.05) is 16.6 Å². The number of sulfonamides is 1. The first-order valence-electron chi connectivity index (χ1n) is 10.9. The van der Waals surface area contributed by atoms with Crippen molar-refractivity contribution in [2.24, 2.45) is 0 Å². The van der Waals surface area contributed by atoms with Gasteiger partial charge < -0.3 is 10.1 Å². The van der Waals surface area contributed by atoms with Crippen LogP contribution in [0.25, 0.3) is 10.9 Å². The Labute approximate surface area is 200 Å². The molecule has 0 aliphatic heterocycles. The van der Waals surface area contributed by atoms with Gasteiger partial charge in [0.2, 0.25) is 12.1 Å². The van der Waals surface area contributed by atoms with E-state index in [0.29, 0.717) is 24.5 Å². The van der Waals surface area contributed by atoms with Gasteiger partial charge in [-0.05, 0) is 80.7 Å². The van der Waals surface area contributed by atoms with Crippen LogP contribution in [0.15, 0.2) is 53.4 Å². The number of terminal acetylenes is 1. The lowest BCUT2D eigenvalue weighted by atomic mass is 9.94. The summed E-state index contributed by atoms with van der Waals surface area (Å²) in [5, 5.41) is 4.04. The number of aryl methyl sites for hydroxylation is 1. The Balaban J connectivity index is 1.65. The van der Waals surface area contributed by atoms with Crippen molar-refractivity contribution < 1.29 is 17.7 Å². The molecule has 0 bridgehead atoms. The monoisotopic (exact) mass is 480 g/mol. The van der Waals surface area contributed by atoms with Crippen molar-refractivity contribution >= 4 is 49.7 Å². The molecule has 0 atom stereocenters. The maximum absolute atomic E-state index is 13.1. The lowest BCUT2D eigenvalue weighted by molar-refractivity contribution is -0.667. The minimum atomic E-state index is -3.80. The Kier molecular flexibility index (Phi) is 6.82. The largest absolute Gasteiger partial charge is 0.471 e. The normalized spacial score (nSPS) is 13.1. The van der Waals surface area contributed by atoms with Gasteiger partial charge in [0, 0.05) is 34.8 Å². The first-order valence-corrected chi connectivity index (χ1v) is 12.8. The molecule has 0 saturated heterocycles. The van der Waals surface area contributed by atoms with Crippen molar-refractivity contribution in [1.82, 2.24) is 0 Å². The molecule has 2 aromatic carbocycles. The highest BCUT2D eigenvalue weighted by molar-refractivity contribution is 7.92. The number of hydrogen-bond acceptors (Lipinski definition) is 4. The van der Waals surface area contributed by atoms with Crippen molar-refractivity contribution in [1.29, 1.82) is 0 Å². The fourth-order valence-electron chi connectivity index (χ4n) is 4.20. The number of benzene rings is 2. The quantitative estimate of drug-likeness (QED) is 0.315. The van der Waals surface area contributed by atoms with Crippen molar-refractivity contribution in [2.45, 2.75) is 44.0 Å². The Bertz CT molecular complexity index is 1360. The zero-order valence-corrected chi connectivity index (χ0v) is 20.1. The summed E-state index contributed by atoms with van der Waals surface area (Å²) in [4.78, 5) is 0.125. The van der Waals surface area contributed by atoms with E-state index in [4.69, 9.17) is 23.4 Å². The summed E-state index contributed by atoms with van der Waals surface area (Å²) < 4.78 is 36.2. The van der Waals surface area contributed by atoms with Crippen LogP contribution >= 0.6 is 12.2 Å².